The molecular weight excluding hydrogens is 507 g/mol. The lowest BCUT2D eigenvalue weighted by Crippen LogP contribution is -2.36. The Morgan fingerprint density at radius 1 is 0.944 bits per heavy atom. The number of benzene rings is 1. The topological polar surface area (TPSA) is 120 Å². The first-order chi connectivity index (χ1) is 16.4. The van der Waals surface area contributed by atoms with Crippen LogP contribution in [0.3, 0.4) is 0 Å². The number of nitrogens with zero attached hydrogens (tertiary/aromatic N) is 2. The number of aromatic nitrogens is 1. The monoisotopic (exact) mass is 529 g/mol. The number of carbonyl (C=O) groups is 3. The van der Waals surface area contributed by atoms with Gasteiger partial charge in [-0.15, -0.1) is 0 Å². The number of pyridine rings is 1. The third kappa shape index (κ3) is 12.1. The molecule has 0 spiro atoms. The van der Waals surface area contributed by atoms with Gasteiger partial charge in [0.15, 0.2) is 0 Å². The van der Waals surface area contributed by atoms with Gasteiger partial charge in [-0.25, -0.2) is 14.0 Å². The molecule has 2 rings (SSSR count). The first-order valence-electron chi connectivity index (χ1n) is 9.57. The molecule has 1 atom stereocenters. The second kappa shape index (κ2) is 14.0. The molecule has 2 aromatic rings. The van der Waals surface area contributed by atoms with Crippen molar-refractivity contribution in [2.24, 2.45) is 0 Å². The maximum Gasteiger partial charge on any atom is 0.490 e. The smallest absolute Gasteiger partial charge is 0.475 e. The molecule has 0 radical (unpaired) electrons. The van der Waals surface area contributed by atoms with Crippen molar-refractivity contribution in [1.82, 2.24) is 15.2 Å². The number of carboxylic acid groups (broad SMARTS) is 2. The Labute approximate surface area is 200 Å². The van der Waals surface area contributed by atoms with E-state index in [1.54, 1.807) is 24.5 Å². The number of amides is 1. The Morgan fingerprint density at radius 3 is 1.75 bits per heavy atom. The highest BCUT2D eigenvalue weighted by atomic mass is 19.4. The Hall–Kier alpha value is -3.75. The van der Waals surface area contributed by atoms with Gasteiger partial charge in [-0.1, -0.05) is 12.1 Å². The van der Waals surface area contributed by atoms with Gasteiger partial charge in [-0.3, -0.25) is 14.7 Å². The van der Waals surface area contributed by atoms with E-state index in [-0.39, 0.29) is 11.7 Å². The summed E-state index contributed by atoms with van der Waals surface area (Å²) in [6, 6.07) is 7.44. The van der Waals surface area contributed by atoms with E-state index in [4.69, 9.17) is 19.8 Å². The minimum Gasteiger partial charge on any atom is -0.475 e. The summed E-state index contributed by atoms with van der Waals surface area (Å²) in [5, 5.41) is 17.2. The molecule has 0 bridgehead atoms. The largest absolute Gasteiger partial charge is 0.490 e. The average molecular weight is 529 g/mol. The molecule has 0 aliphatic heterocycles. The van der Waals surface area contributed by atoms with Crippen LogP contribution in [0.4, 0.5) is 30.7 Å². The number of halogens is 7. The van der Waals surface area contributed by atoms with Crippen LogP contribution >= 0.6 is 0 Å². The SMILES string of the molecule is Cc1cnccc1CNC(=O)C(c1ccc(F)cc1)N(C)C.O=C(O)C(F)(F)F.O=C(O)C(F)(F)F. The lowest BCUT2D eigenvalue weighted by molar-refractivity contribution is -0.193. The molecule has 1 aromatic heterocycles. The molecule has 0 saturated heterocycles. The van der Waals surface area contributed by atoms with Crippen LogP contribution in [0.25, 0.3) is 0 Å². The summed E-state index contributed by atoms with van der Waals surface area (Å²) < 4.78 is 76.5. The van der Waals surface area contributed by atoms with Gasteiger partial charge in [0.05, 0.1) is 0 Å². The van der Waals surface area contributed by atoms with Gasteiger partial charge in [0.25, 0.3) is 0 Å². The zero-order valence-corrected chi connectivity index (χ0v) is 19.0. The van der Waals surface area contributed by atoms with Crippen LogP contribution in [0.1, 0.15) is 22.7 Å². The van der Waals surface area contributed by atoms with Gasteiger partial charge in [0.2, 0.25) is 5.91 Å². The van der Waals surface area contributed by atoms with Crippen molar-refractivity contribution < 1.29 is 55.3 Å². The predicted molar refractivity (Wildman–Crippen MR) is 111 cm³/mol. The number of carboxylic acids is 2. The molecule has 8 nitrogen and oxygen atoms in total. The first kappa shape index (κ1) is 32.2. The molecular formula is C21H22F7N3O5. The molecule has 0 saturated carbocycles. The standard InChI is InChI=1S/C17H20FN3O.2C2HF3O2/c1-12-10-19-9-8-14(12)11-20-17(22)16(21(2)3)13-4-6-15(18)7-5-13;2*3-2(4,5)1(6)7/h4-10,16H,11H2,1-3H3,(H,20,22);2*(H,6,7). The zero-order chi connectivity index (χ0) is 28.3. The number of nitrogens with one attached hydrogen (secondary N) is 1. The fourth-order valence-electron chi connectivity index (χ4n) is 2.31. The molecule has 0 aliphatic carbocycles. The summed E-state index contributed by atoms with van der Waals surface area (Å²) >= 11 is 0. The summed E-state index contributed by atoms with van der Waals surface area (Å²) in [5.41, 5.74) is 2.82. The lowest BCUT2D eigenvalue weighted by Gasteiger charge is -2.24. The minimum atomic E-state index is -5.08. The number of aliphatic carboxylic acids is 2. The molecule has 1 amide bonds. The third-order valence-electron chi connectivity index (χ3n) is 4.03. The first-order valence-corrected chi connectivity index (χ1v) is 9.57. The molecule has 1 heterocycles. The van der Waals surface area contributed by atoms with E-state index in [2.05, 4.69) is 10.3 Å². The van der Waals surface area contributed by atoms with Crippen LogP contribution in [0.15, 0.2) is 42.7 Å². The molecule has 1 aromatic carbocycles. The van der Waals surface area contributed by atoms with Crippen molar-refractivity contribution in [1.29, 1.82) is 0 Å². The predicted octanol–water partition coefficient (Wildman–Crippen LogP) is 3.71. The van der Waals surface area contributed by atoms with E-state index in [1.165, 1.54) is 12.1 Å². The minimum absolute atomic E-state index is 0.118. The molecule has 3 N–H and O–H groups in total. The Morgan fingerprint density at radius 2 is 1.39 bits per heavy atom. The Bertz CT molecular complexity index is 986. The maximum absolute atomic E-state index is 13.0. The summed E-state index contributed by atoms with van der Waals surface area (Å²) in [4.78, 5) is 36.1. The maximum atomic E-state index is 13.0. The molecule has 1 unspecified atom stereocenters. The lowest BCUT2D eigenvalue weighted by atomic mass is 10.0. The number of aryl methyl sites for hydroxylation is 1. The van der Waals surface area contributed by atoms with Gasteiger partial charge in [-0.05, 0) is 55.9 Å². The van der Waals surface area contributed by atoms with Crippen molar-refractivity contribution in [3.8, 4) is 0 Å². The third-order valence-corrected chi connectivity index (χ3v) is 4.03. The van der Waals surface area contributed by atoms with Gasteiger partial charge in [0, 0.05) is 18.9 Å². The van der Waals surface area contributed by atoms with Gasteiger partial charge < -0.3 is 15.5 Å². The molecule has 0 fully saturated rings. The zero-order valence-electron chi connectivity index (χ0n) is 19.0. The summed E-state index contributed by atoms with van der Waals surface area (Å²) in [7, 11) is 3.65. The van der Waals surface area contributed by atoms with Crippen molar-refractivity contribution >= 4 is 17.8 Å². The Kier molecular flexibility index (Phi) is 12.5. The summed E-state index contributed by atoms with van der Waals surface area (Å²) in [5.74, 6) is -5.94. The second-order valence-electron chi connectivity index (χ2n) is 7.04. The number of rotatable bonds is 5. The highest BCUT2D eigenvalue weighted by Gasteiger charge is 2.38. The van der Waals surface area contributed by atoms with E-state index in [0.29, 0.717) is 6.54 Å². The number of likely N-dealkylation sites (N-methyl/N-ethyl adjacent to an activating group) is 1. The van der Waals surface area contributed by atoms with Crippen molar-refractivity contribution in [3.05, 3.63) is 65.2 Å². The fourth-order valence-corrected chi connectivity index (χ4v) is 2.31. The second-order valence-corrected chi connectivity index (χ2v) is 7.04. The van der Waals surface area contributed by atoms with E-state index < -0.39 is 30.3 Å². The van der Waals surface area contributed by atoms with Gasteiger partial charge in [0.1, 0.15) is 11.9 Å². The van der Waals surface area contributed by atoms with E-state index in [9.17, 15) is 35.5 Å². The highest BCUT2D eigenvalue weighted by molar-refractivity contribution is 5.83. The van der Waals surface area contributed by atoms with Crippen LogP contribution < -0.4 is 5.32 Å². The quantitative estimate of drug-likeness (QED) is 0.505. The molecule has 36 heavy (non-hydrogen) atoms. The summed E-state index contributed by atoms with van der Waals surface area (Å²) in [6.07, 6.45) is -6.69. The van der Waals surface area contributed by atoms with Crippen LogP contribution in [0, 0.1) is 12.7 Å². The van der Waals surface area contributed by atoms with Crippen molar-refractivity contribution in [2.75, 3.05) is 14.1 Å². The Balaban J connectivity index is 0.000000720. The van der Waals surface area contributed by atoms with E-state index >= 15 is 0 Å². The van der Waals surface area contributed by atoms with Crippen LogP contribution in [-0.4, -0.2) is 64.4 Å². The number of hydrogen-bond acceptors (Lipinski definition) is 5. The molecule has 0 aliphatic rings. The van der Waals surface area contributed by atoms with Crippen LogP contribution in [0.5, 0.6) is 0 Å². The molecule has 15 heteroatoms. The molecule has 200 valence electrons. The van der Waals surface area contributed by atoms with Crippen LogP contribution in [-0.2, 0) is 20.9 Å². The average Bonchev–Trinajstić information content (AvgIpc) is 2.74. The number of alkyl halides is 6. The number of hydrogen-bond donors (Lipinski definition) is 3. The van der Waals surface area contributed by atoms with Gasteiger partial charge >= 0.3 is 24.3 Å². The number of carbonyl (C=O) groups excluding carboxylic acids is 1. The van der Waals surface area contributed by atoms with Gasteiger partial charge in [-0.2, -0.15) is 26.3 Å². The van der Waals surface area contributed by atoms with Crippen molar-refractivity contribution in [3.63, 3.8) is 0 Å². The highest BCUT2D eigenvalue weighted by Crippen LogP contribution is 2.19. The van der Waals surface area contributed by atoms with Crippen LogP contribution in [0.2, 0.25) is 0 Å². The van der Waals surface area contributed by atoms with E-state index in [1.807, 2.05) is 32.0 Å². The van der Waals surface area contributed by atoms with E-state index in [0.717, 1.165) is 16.7 Å². The normalized spacial score (nSPS) is 11.9. The summed E-state index contributed by atoms with van der Waals surface area (Å²) in [6.45, 7) is 2.40. The fraction of sp³-hybridized carbons (Fsp3) is 0.333. The van der Waals surface area contributed by atoms with Crippen molar-refractivity contribution in [2.45, 2.75) is 31.9 Å².